The van der Waals surface area contributed by atoms with Gasteiger partial charge in [-0.15, -0.1) is 0 Å². The molecule has 1 unspecified atom stereocenters. The van der Waals surface area contributed by atoms with E-state index in [2.05, 4.69) is 24.1 Å². The summed E-state index contributed by atoms with van der Waals surface area (Å²) in [6.45, 7) is 9.95. The lowest BCUT2D eigenvalue weighted by atomic mass is 9.82. The Hall–Kier alpha value is -0.0800. The summed E-state index contributed by atoms with van der Waals surface area (Å²) in [6.07, 6.45) is 6.91. The fraction of sp³-hybridized carbons (Fsp3) is 1.00. The standard InChI is InChI=1S/C13H26N2/c1-13(2)6-10-15(11-7-13)12-4-3-8-14-9-5-12/h12,14H,3-11H2,1-2H3. The summed E-state index contributed by atoms with van der Waals surface area (Å²) in [5.74, 6) is 0. The van der Waals surface area contributed by atoms with Crippen LogP contribution in [0.4, 0.5) is 0 Å². The lowest BCUT2D eigenvalue weighted by Crippen LogP contribution is -2.43. The van der Waals surface area contributed by atoms with Gasteiger partial charge in [0.1, 0.15) is 0 Å². The van der Waals surface area contributed by atoms with E-state index in [0.717, 1.165) is 6.04 Å². The van der Waals surface area contributed by atoms with E-state index in [1.165, 1.54) is 58.3 Å². The molecular formula is C13H26N2. The van der Waals surface area contributed by atoms with E-state index in [1.807, 2.05) is 0 Å². The van der Waals surface area contributed by atoms with Gasteiger partial charge >= 0.3 is 0 Å². The number of rotatable bonds is 1. The molecule has 0 aromatic carbocycles. The molecule has 15 heavy (non-hydrogen) atoms. The summed E-state index contributed by atoms with van der Waals surface area (Å²) in [7, 11) is 0. The molecule has 0 spiro atoms. The summed E-state index contributed by atoms with van der Waals surface area (Å²) in [6, 6.07) is 0.871. The molecule has 2 heterocycles. The second-order valence-electron chi connectivity index (χ2n) is 6.03. The third-order valence-corrected chi connectivity index (χ3v) is 4.21. The van der Waals surface area contributed by atoms with Gasteiger partial charge in [-0.25, -0.2) is 0 Å². The van der Waals surface area contributed by atoms with Gasteiger partial charge in [-0.05, 0) is 63.7 Å². The topological polar surface area (TPSA) is 15.3 Å². The van der Waals surface area contributed by atoms with E-state index >= 15 is 0 Å². The van der Waals surface area contributed by atoms with Crippen molar-refractivity contribution in [3.8, 4) is 0 Å². The number of piperidine rings is 1. The molecule has 0 aliphatic carbocycles. The summed E-state index contributed by atoms with van der Waals surface area (Å²) in [4.78, 5) is 2.75. The van der Waals surface area contributed by atoms with Gasteiger partial charge in [0.25, 0.3) is 0 Å². The minimum atomic E-state index is 0.597. The van der Waals surface area contributed by atoms with Crippen LogP contribution in [0.3, 0.4) is 0 Å². The Morgan fingerprint density at radius 1 is 1.07 bits per heavy atom. The highest BCUT2D eigenvalue weighted by atomic mass is 15.2. The van der Waals surface area contributed by atoms with Crippen molar-refractivity contribution in [2.24, 2.45) is 5.41 Å². The Morgan fingerprint density at radius 3 is 2.53 bits per heavy atom. The Bertz CT molecular complexity index is 183. The van der Waals surface area contributed by atoms with Crippen LogP contribution in [-0.4, -0.2) is 37.1 Å². The zero-order chi connectivity index (χ0) is 10.7. The van der Waals surface area contributed by atoms with Crippen LogP contribution in [0, 0.1) is 5.41 Å². The molecule has 0 amide bonds. The molecule has 88 valence electrons. The molecule has 0 aromatic heterocycles. The number of nitrogens with one attached hydrogen (secondary N) is 1. The van der Waals surface area contributed by atoms with Crippen LogP contribution in [0.25, 0.3) is 0 Å². The molecule has 0 bridgehead atoms. The monoisotopic (exact) mass is 210 g/mol. The van der Waals surface area contributed by atoms with Crippen molar-refractivity contribution >= 4 is 0 Å². The Morgan fingerprint density at radius 2 is 1.80 bits per heavy atom. The molecule has 1 atom stereocenters. The van der Waals surface area contributed by atoms with E-state index < -0.39 is 0 Å². The highest BCUT2D eigenvalue weighted by Crippen LogP contribution is 2.31. The first-order valence-electron chi connectivity index (χ1n) is 6.62. The van der Waals surface area contributed by atoms with E-state index in [0.29, 0.717) is 5.41 Å². The fourth-order valence-electron chi connectivity index (χ4n) is 2.86. The van der Waals surface area contributed by atoms with Crippen molar-refractivity contribution in [3.63, 3.8) is 0 Å². The average Bonchev–Trinajstić information content (AvgIpc) is 2.46. The van der Waals surface area contributed by atoms with Crippen LogP contribution < -0.4 is 5.32 Å². The zero-order valence-electron chi connectivity index (χ0n) is 10.4. The minimum absolute atomic E-state index is 0.597. The lowest BCUT2D eigenvalue weighted by Gasteiger charge is -2.40. The Balaban J connectivity index is 1.83. The second-order valence-corrected chi connectivity index (χ2v) is 6.03. The Kier molecular flexibility index (Phi) is 3.68. The van der Waals surface area contributed by atoms with E-state index in [1.54, 1.807) is 0 Å². The molecular weight excluding hydrogens is 184 g/mol. The number of hydrogen-bond acceptors (Lipinski definition) is 2. The maximum atomic E-state index is 3.51. The van der Waals surface area contributed by atoms with E-state index in [9.17, 15) is 0 Å². The van der Waals surface area contributed by atoms with E-state index in [4.69, 9.17) is 0 Å². The van der Waals surface area contributed by atoms with Crippen molar-refractivity contribution in [1.29, 1.82) is 0 Å². The highest BCUT2D eigenvalue weighted by molar-refractivity contribution is 4.84. The van der Waals surface area contributed by atoms with Gasteiger partial charge in [-0.2, -0.15) is 0 Å². The summed E-state index contributed by atoms with van der Waals surface area (Å²) in [5, 5.41) is 3.51. The van der Waals surface area contributed by atoms with Crippen LogP contribution in [0.2, 0.25) is 0 Å². The molecule has 2 nitrogen and oxygen atoms in total. The predicted octanol–water partition coefficient (Wildman–Crippen LogP) is 2.25. The molecule has 2 aliphatic heterocycles. The normalized spacial score (nSPS) is 33.6. The van der Waals surface area contributed by atoms with Crippen molar-refractivity contribution in [2.45, 2.75) is 52.0 Å². The molecule has 2 fully saturated rings. The largest absolute Gasteiger partial charge is 0.317 e. The first kappa shape index (κ1) is 11.4. The van der Waals surface area contributed by atoms with Crippen LogP contribution in [0.15, 0.2) is 0 Å². The Labute approximate surface area is 94.4 Å². The maximum Gasteiger partial charge on any atom is 0.0108 e. The van der Waals surface area contributed by atoms with Gasteiger partial charge in [0.2, 0.25) is 0 Å². The van der Waals surface area contributed by atoms with Crippen LogP contribution in [0.5, 0.6) is 0 Å². The van der Waals surface area contributed by atoms with Gasteiger partial charge in [-0.1, -0.05) is 13.8 Å². The smallest absolute Gasteiger partial charge is 0.0108 e. The van der Waals surface area contributed by atoms with E-state index in [-0.39, 0.29) is 0 Å². The summed E-state index contributed by atoms with van der Waals surface area (Å²) < 4.78 is 0. The second kappa shape index (κ2) is 4.84. The first-order chi connectivity index (χ1) is 7.17. The molecule has 2 saturated heterocycles. The minimum Gasteiger partial charge on any atom is -0.317 e. The van der Waals surface area contributed by atoms with Crippen LogP contribution >= 0.6 is 0 Å². The van der Waals surface area contributed by atoms with Crippen molar-refractivity contribution in [3.05, 3.63) is 0 Å². The predicted molar refractivity (Wildman–Crippen MR) is 65.1 cm³/mol. The number of likely N-dealkylation sites (tertiary alicyclic amines) is 1. The number of nitrogens with zero attached hydrogens (tertiary/aromatic N) is 1. The molecule has 2 heteroatoms. The third-order valence-electron chi connectivity index (χ3n) is 4.21. The highest BCUT2D eigenvalue weighted by Gasteiger charge is 2.29. The third kappa shape index (κ3) is 3.18. The lowest BCUT2D eigenvalue weighted by molar-refractivity contribution is 0.0880. The van der Waals surface area contributed by atoms with Crippen molar-refractivity contribution in [2.75, 3.05) is 26.2 Å². The van der Waals surface area contributed by atoms with Gasteiger partial charge in [0.15, 0.2) is 0 Å². The summed E-state index contributed by atoms with van der Waals surface area (Å²) in [5.41, 5.74) is 0.597. The van der Waals surface area contributed by atoms with Gasteiger partial charge < -0.3 is 10.2 Å². The SMILES string of the molecule is CC1(C)CCN(C2CCCNCC2)CC1. The molecule has 0 radical (unpaired) electrons. The molecule has 0 aromatic rings. The van der Waals surface area contributed by atoms with Crippen LogP contribution in [-0.2, 0) is 0 Å². The quantitative estimate of drug-likeness (QED) is 0.714. The molecule has 1 N–H and O–H groups in total. The molecule has 0 saturated carbocycles. The molecule has 2 aliphatic rings. The van der Waals surface area contributed by atoms with Gasteiger partial charge in [0, 0.05) is 6.04 Å². The van der Waals surface area contributed by atoms with Crippen molar-refractivity contribution in [1.82, 2.24) is 10.2 Å². The number of hydrogen-bond donors (Lipinski definition) is 1. The molecule has 2 rings (SSSR count). The van der Waals surface area contributed by atoms with Gasteiger partial charge in [0.05, 0.1) is 0 Å². The first-order valence-corrected chi connectivity index (χ1v) is 6.62. The van der Waals surface area contributed by atoms with Crippen molar-refractivity contribution < 1.29 is 0 Å². The van der Waals surface area contributed by atoms with Gasteiger partial charge in [-0.3, -0.25) is 0 Å². The maximum absolute atomic E-state index is 3.51. The average molecular weight is 210 g/mol. The summed E-state index contributed by atoms with van der Waals surface area (Å²) >= 11 is 0. The fourth-order valence-corrected chi connectivity index (χ4v) is 2.86. The zero-order valence-corrected chi connectivity index (χ0v) is 10.4. The van der Waals surface area contributed by atoms with Crippen LogP contribution in [0.1, 0.15) is 46.0 Å².